The highest BCUT2D eigenvalue weighted by Crippen LogP contribution is 2.13. The van der Waals surface area contributed by atoms with Crippen LogP contribution in [0.15, 0.2) is 24.3 Å². The number of aliphatic hydroxyl groups excluding tert-OH is 3. The molecule has 41 heavy (non-hydrogen) atoms. The van der Waals surface area contributed by atoms with Crippen molar-refractivity contribution in [1.82, 2.24) is 5.32 Å². The van der Waals surface area contributed by atoms with Gasteiger partial charge in [-0.05, 0) is 44.9 Å². The Morgan fingerprint density at radius 3 is 1.41 bits per heavy atom. The summed E-state index contributed by atoms with van der Waals surface area (Å²) in [6.45, 7) is 4.14. The Bertz CT molecular complexity index is 606. The van der Waals surface area contributed by atoms with Crippen molar-refractivity contribution in [2.24, 2.45) is 0 Å². The van der Waals surface area contributed by atoms with Gasteiger partial charge in [-0.3, -0.25) is 4.79 Å². The highest BCUT2D eigenvalue weighted by Gasteiger charge is 2.22. The molecule has 1 amide bonds. The molecule has 3 atom stereocenters. The van der Waals surface area contributed by atoms with Gasteiger partial charge in [0.25, 0.3) is 0 Å². The van der Waals surface area contributed by atoms with Gasteiger partial charge < -0.3 is 20.6 Å². The van der Waals surface area contributed by atoms with Crippen LogP contribution in [-0.2, 0) is 4.79 Å². The van der Waals surface area contributed by atoms with Crippen molar-refractivity contribution >= 4 is 5.91 Å². The number of amides is 1. The zero-order valence-electron chi connectivity index (χ0n) is 27.2. The topological polar surface area (TPSA) is 89.8 Å². The van der Waals surface area contributed by atoms with Crippen LogP contribution in [0, 0.1) is 0 Å². The molecule has 0 aliphatic carbocycles. The monoisotopic (exact) mass is 580 g/mol. The molecule has 0 aliphatic rings. The molecule has 0 aliphatic heterocycles. The van der Waals surface area contributed by atoms with Gasteiger partial charge in [-0.1, -0.05) is 154 Å². The lowest BCUT2D eigenvalue weighted by atomic mass is 10.0. The lowest BCUT2D eigenvalue weighted by molar-refractivity contribution is -0.131. The van der Waals surface area contributed by atoms with Crippen LogP contribution in [0.3, 0.4) is 0 Å². The van der Waals surface area contributed by atoms with Crippen molar-refractivity contribution < 1.29 is 20.1 Å². The first kappa shape index (κ1) is 39.8. The fraction of sp³-hybridized carbons (Fsp3) is 0.861. The summed E-state index contributed by atoms with van der Waals surface area (Å²) in [5.74, 6) is -0.514. The van der Waals surface area contributed by atoms with E-state index < -0.39 is 24.2 Å². The summed E-state index contributed by atoms with van der Waals surface area (Å²) in [4.78, 5) is 12.4. The largest absolute Gasteiger partial charge is 0.394 e. The summed E-state index contributed by atoms with van der Waals surface area (Å²) < 4.78 is 0. The Balaban J connectivity index is 3.80. The van der Waals surface area contributed by atoms with E-state index in [1.165, 1.54) is 109 Å². The Kier molecular flexibility index (Phi) is 30.9. The van der Waals surface area contributed by atoms with Gasteiger partial charge in [-0.2, -0.15) is 0 Å². The highest BCUT2D eigenvalue weighted by atomic mass is 16.3. The molecular weight excluding hydrogens is 510 g/mol. The van der Waals surface area contributed by atoms with E-state index in [4.69, 9.17) is 0 Å². The molecule has 0 spiro atoms. The molecule has 0 aromatic rings. The van der Waals surface area contributed by atoms with Crippen molar-refractivity contribution in [2.75, 3.05) is 6.61 Å². The number of aliphatic hydroxyl groups is 3. The maximum atomic E-state index is 12.4. The second kappa shape index (κ2) is 31.8. The van der Waals surface area contributed by atoms with Crippen LogP contribution in [-0.4, -0.2) is 46.1 Å². The van der Waals surface area contributed by atoms with E-state index in [1.807, 2.05) is 6.08 Å². The molecule has 5 heteroatoms. The summed E-state index contributed by atoms with van der Waals surface area (Å²) >= 11 is 0. The third-order valence-corrected chi connectivity index (χ3v) is 8.04. The smallest absolute Gasteiger partial charge is 0.249 e. The third kappa shape index (κ3) is 27.4. The maximum absolute atomic E-state index is 12.4. The van der Waals surface area contributed by atoms with Crippen LogP contribution in [0.5, 0.6) is 0 Å². The number of allylic oxidation sites excluding steroid dienone is 3. The second-order valence-corrected chi connectivity index (χ2v) is 12.1. The molecule has 0 rings (SSSR count). The van der Waals surface area contributed by atoms with Crippen LogP contribution < -0.4 is 5.32 Å². The molecule has 242 valence electrons. The van der Waals surface area contributed by atoms with E-state index in [0.29, 0.717) is 6.42 Å². The van der Waals surface area contributed by atoms with Gasteiger partial charge in [-0.25, -0.2) is 0 Å². The Hall–Kier alpha value is -1.17. The van der Waals surface area contributed by atoms with Crippen LogP contribution >= 0.6 is 0 Å². The van der Waals surface area contributed by atoms with Gasteiger partial charge in [0.1, 0.15) is 6.10 Å². The van der Waals surface area contributed by atoms with E-state index in [0.717, 1.165) is 44.9 Å². The van der Waals surface area contributed by atoms with Gasteiger partial charge >= 0.3 is 0 Å². The number of nitrogens with one attached hydrogen (secondary N) is 1. The van der Waals surface area contributed by atoms with Crippen molar-refractivity contribution in [3.05, 3.63) is 24.3 Å². The Morgan fingerprint density at radius 2 is 0.976 bits per heavy atom. The Labute approximate surface area is 254 Å². The number of rotatable bonds is 31. The number of unbranched alkanes of at least 4 members (excludes halogenated alkanes) is 21. The molecule has 5 nitrogen and oxygen atoms in total. The fourth-order valence-electron chi connectivity index (χ4n) is 5.18. The van der Waals surface area contributed by atoms with E-state index in [9.17, 15) is 20.1 Å². The minimum Gasteiger partial charge on any atom is -0.394 e. The first-order valence-corrected chi connectivity index (χ1v) is 17.7. The molecule has 0 saturated heterocycles. The molecular formula is C36H69NO4. The zero-order chi connectivity index (χ0) is 30.2. The van der Waals surface area contributed by atoms with Crippen molar-refractivity contribution in [1.29, 1.82) is 0 Å². The number of hydrogen-bond donors (Lipinski definition) is 4. The van der Waals surface area contributed by atoms with Gasteiger partial charge in [0.15, 0.2) is 0 Å². The van der Waals surface area contributed by atoms with E-state index in [1.54, 1.807) is 6.08 Å². The number of hydrogen-bond acceptors (Lipinski definition) is 4. The van der Waals surface area contributed by atoms with E-state index >= 15 is 0 Å². The van der Waals surface area contributed by atoms with Crippen LogP contribution in [0.1, 0.15) is 174 Å². The lowest BCUT2D eigenvalue weighted by Gasteiger charge is -2.21. The SMILES string of the molecule is CCCCCCCC/C=C\CCCCCC[C@@H](O)C(=O)N[C@@H](CO)[C@H](O)/C=C/CCCCCCCCCCCCC. The quantitative estimate of drug-likeness (QED) is 0.0487. The average Bonchev–Trinajstić information content (AvgIpc) is 2.98. The number of carbonyl (C=O) groups excluding carboxylic acids is 1. The van der Waals surface area contributed by atoms with E-state index in [-0.39, 0.29) is 6.61 Å². The van der Waals surface area contributed by atoms with Gasteiger partial charge in [0.05, 0.1) is 18.8 Å². The first-order valence-electron chi connectivity index (χ1n) is 17.7. The number of carbonyl (C=O) groups is 1. The maximum Gasteiger partial charge on any atom is 0.249 e. The first-order chi connectivity index (χ1) is 20.1. The minimum atomic E-state index is -1.10. The molecule has 0 heterocycles. The molecule has 0 fully saturated rings. The molecule has 0 aromatic carbocycles. The standard InChI is InChI=1S/C36H69NO4/c1-3-5-7-9-11-13-15-17-19-21-23-25-27-29-31-35(40)36(41)37-33(32-38)34(39)30-28-26-24-22-20-18-16-14-12-10-8-6-4-2/h17,19,28,30,33-35,38-40H,3-16,18,20-27,29,31-32H2,1-2H3,(H,37,41)/b19-17-,30-28+/t33-,34+,35+/m0/s1. The summed E-state index contributed by atoms with van der Waals surface area (Å²) in [6, 6.07) is -0.797. The van der Waals surface area contributed by atoms with Gasteiger partial charge in [-0.15, -0.1) is 0 Å². The van der Waals surface area contributed by atoms with Crippen LogP contribution in [0.25, 0.3) is 0 Å². The molecule has 0 saturated carbocycles. The molecule has 0 radical (unpaired) electrons. The second-order valence-electron chi connectivity index (χ2n) is 12.1. The average molecular weight is 580 g/mol. The van der Waals surface area contributed by atoms with Gasteiger partial charge in [0, 0.05) is 0 Å². The molecule has 4 N–H and O–H groups in total. The van der Waals surface area contributed by atoms with Crippen LogP contribution in [0.2, 0.25) is 0 Å². The van der Waals surface area contributed by atoms with E-state index in [2.05, 4.69) is 31.3 Å². The summed E-state index contributed by atoms with van der Waals surface area (Å²) in [6.07, 6.45) is 36.1. The third-order valence-electron chi connectivity index (χ3n) is 8.04. The van der Waals surface area contributed by atoms with Crippen LogP contribution in [0.4, 0.5) is 0 Å². The molecule has 0 unspecified atom stereocenters. The van der Waals surface area contributed by atoms with Crippen molar-refractivity contribution in [2.45, 2.75) is 193 Å². The normalized spacial score (nSPS) is 14.2. The zero-order valence-corrected chi connectivity index (χ0v) is 27.2. The van der Waals surface area contributed by atoms with Crippen molar-refractivity contribution in [3.63, 3.8) is 0 Å². The summed E-state index contributed by atoms with van der Waals surface area (Å²) in [5, 5.41) is 32.9. The summed E-state index contributed by atoms with van der Waals surface area (Å²) in [7, 11) is 0. The Morgan fingerprint density at radius 1 is 0.585 bits per heavy atom. The lowest BCUT2D eigenvalue weighted by Crippen LogP contribution is -2.48. The predicted molar refractivity (Wildman–Crippen MR) is 176 cm³/mol. The predicted octanol–water partition coefficient (Wildman–Crippen LogP) is 9.09. The van der Waals surface area contributed by atoms with Crippen molar-refractivity contribution in [3.8, 4) is 0 Å². The van der Waals surface area contributed by atoms with Gasteiger partial charge in [0.2, 0.25) is 5.91 Å². The molecule has 0 bridgehead atoms. The highest BCUT2D eigenvalue weighted by molar-refractivity contribution is 5.80. The summed E-state index contributed by atoms with van der Waals surface area (Å²) in [5.41, 5.74) is 0. The fourth-order valence-corrected chi connectivity index (χ4v) is 5.18. The molecule has 0 aromatic heterocycles. The minimum absolute atomic E-state index is 0.366.